The maximum Gasteiger partial charge on any atom is 0.264 e. The molecule has 8 heteroatoms. The molecule has 0 spiro atoms. The smallest absolute Gasteiger partial charge is 0.264 e. The number of sulfonamides is 1. The van der Waals surface area contributed by atoms with Gasteiger partial charge in [-0.15, -0.1) is 0 Å². The topological polar surface area (TPSA) is 81.2 Å². The molecule has 1 N–H and O–H groups in total. The summed E-state index contributed by atoms with van der Waals surface area (Å²) in [6.45, 7) is 1.72. The minimum Gasteiger partial charge on any atom is -0.478 e. The van der Waals surface area contributed by atoms with E-state index in [1.165, 1.54) is 25.4 Å². The van der Waals surface area contributed by atoms with Gasteiger partial charge < -0.3 is 4.74 Å². The summed E-state index contributed by atoms with van der Waals surface area (Å²) in [5.74, 6) is 0.110. The first-order valence-electron chi connectivity index (χ1n) is 5.59. The number of rotatable bonds is 4. The Morgan fingerprint density at radius 2 is 2.00 bits per heavy atom. The maximum atomic E-state index is 12.3. The second-order valence-electron chi connectivity index (χ2n) is 3.91. The highest BCUT2D eigenvalue weighted by atomic mass is 35.5. The van der Waals surface area contributed by atoms with Crippen molar-refractivity contribution in [2.75, 3.05) is 11.8 Å². The Labute approximate surface area is 121 Å². The molecule has 1 aromatic heterocycles. The van der Waals surface area contributed by atoms with Gasteiger partial charge in [-0.25, -0.2) is 18.4 Å². The zero-order chi connectivity index (χ0) is 14.8. The standard InChI is InChI=1S/C12H12ClN3O3S/c1-8-7-14-11(12(15-8)19-2)16-20(17,18)10-6-4-3-5-9(10)13/h3-7H,1-2H3,(H,14,16). The number of benzene rings is 1. The lowest BCUT2D eigenvalue weighted by Crippen LogP contribution is -2.15. The van der Waals surface area contributed by atoms with Crippen molar-refractivity contribution in [1.29, 1.82) is 0 Å². The highest BCUT2D eigenvalue weighted by Gasteiger charge is 2.20. The molecule has 6 nitrogen and oxygen atoms in total. The van der Waals surface area contributed by atoms with Gasteiger partial charge in [-0.3, -0.25) is 4.72 Å². The molecule has 0 radical (unpaired) electrons. The van der Waals surface area contributed by atoms with Crippen molar-refractivity contribution < 1.29 is 13.2 Å². The van der Waals surface area contributed by atoms with Gasteiger partial charge in [0.15, 0.2) is 0 Å². The summed E-state index contributed by atoms with van der Waals surface area (Å²) in [4.78, 5) is 7.98. The average Bonchev–Trinajstić information content (AvgIpc) is 2.41. The molecule has 20 heavy (non-hydrogen) atoms. The molecule has 0 bridgehead atoms. The molecule has 0 fully saturated rings. The summed E-state index contributed by atoms with van der Waals surface area (Å²) in [5.41, 5.74) is 0.613. The lowest BCUT2D eigenvalue weighted by molar-refractivity contribution is 0.397. The quantitative estimate of drug-likeness (QED) is 0.936. The first-order chi connectivity index (χ1) is 9.44. The number of hydrogen-bond donors (Lipinski definition) is 1. The van der Waals surface area contributed by atoms with E-state index in [-0.39, 0.29) is 21.6 Å². The molecule has 0 unspecified atom stereocenters. The van der Waals surface area contributed by atoms with E-state index in [4.69, 9.17) is 16.3 Å². The zero-order valence-corrected chi connectivity index (χ0v) is 12.4. The first-order valence-corrected chi connectivity index (χ1v) is 7.45. The van der Waals surface area contributed by atoms with Gasteiger partial charge in [0.25, 0.3) is 15.9 Å². The molecule has 106 valence electrons. The number of aryl methyl sites for hydroxylation is 1. The molecule has 0 aliphatic heterocycles. The number of hydrogen-bond acceptors (Lipinski definition) is 5. The summed E-state index contributed by atoms with van der Waals surface area (Å²) in [6.07, 6.45) is 1.44. The molecule has 1 aromatic carbocycles. The summed E-state index contributed by atoms with van der Waals surface area (Å²) in [5, 5.41) is 0.124. The van der Waals surface area contributed by atoms with E-state index in [2.05, 4.69) is 14.7 Å². The molecule has 0 aliphatic carbocycles. The van der Waals surface area contributed by atoms with Crippen LogP contribution in [-0.2, 0) is 10.0 Å². The summed E-state index contributed by atoms with van der Waals surface area (Å²) >= 11 is 5.89. The molecule has 1 heterocycles. The monoisotopic (exact) mass is 313 g/mol. The Kier molecular flexibility index (Phi) is 4.10. The van der Waals surface area contributed by atoms with Crippen molar-refractivity contribution in [3.8, 4) is 5.88 Å². The SMILES string of the molecule is COc1nc(C)cnc1NS(=O)(=O)c1ccccc1Cl. The fourth-order valence-corrected chi connectivity index (χ4v) is 3.04. The molecule has 2 aromatic rings. The fourth-order valence-electron chi connectivity index (χ4n) is 1.51. The molecule has 0 atom stereocenters. The molecular formula is C12H12ClN3O3S. The number of aromatic nitrogens is 2. The number of methoxy groups -OCH3 is 1. The predicted octanol–water partition coefficient (Wildman–Crippen LogP) is 2.25. The van der Waals surface area contributed by atoms with Gasteiger partial charge in [-0.1, -0.05) is 23.7 Å². The van der Waals surface area contributed by atoms with Crippen LogP contribution in [0.15, 0.2) is 35.4 Å². The van der Waals surface area contributed by atoms with E-state index in [9.17, 15) is 8.42 Å². The van der Waals surface area contributed by atoms with Crippen molar-refractivity contribution >= 4 is 27.4 Å². The number of nitrogens with zero attached hydrogens (tertiary/aromatic N) is 2. The lowest BCUT2D eigenvalue weighted by Gasteiger charge is -2.11. The van der Waals surface area contributed by atoms with Gasteiger partial charge in [0.05, 0.1) is 24.0 Å². The summed E-state index contributed by atoms with van der Waals surface area (Å²) < 4.78 is 31.8. The molecule has 0 amide bonds. The Bertz CT molecular complexity index is 734. The predicted molar refractivity (Wildman–Crippen MR) is 75.6 cm³/mol. The van der Waals surface area contributed by atoms with E-state index in [1.54, 1.807) is 19.1 Å². The zero-order valence-electron chi connectivity index (χ0n) is 10.8. The van der Waals surface area contributed by atoms with Crippen LogP contribution in [0, 0.1) is 6.92 Å². The lowest BCUT2D eigenvalue weighted by atomic mass is 10.4. The van der Waals surface area contributed by atoms with Crippen molar-refractivity contribution in [2.24, 2.45) is 0 Å². The van der Waals surface area contributed by atoms with Gasteiger partial charge in [-0.05, 0) is 19.1 Å². The van der Waals surface area contributed by atoms with Crippen LogP contribution in [0.5, 0.6) is 5.88 Å². The largest absolute Gasteiger partial charge is 0.478 e. The van der Waals surface area contributed by atoms with Crippen LogP contribution in [0.4, 0.5) is 5.82 Å². The minimum atomic E-state index is -3.85. The average molecular weight is 314 g/mol. The van der Waals surface area contributed by atoms with Crippen molar-refractivity contribution in [1.82, 2.24) is 9.97 Å². The van der Waals surface area contributed by atoms with Crippen LogP contribution in [-0.4, -0.2) is 25.5 Å². The van der Waals surface area contributed by atoms with Crippen LogP contribution in [0.2, 0.25) is 5.02 Å². The van der Waals surface area contributed by atoms with Crippen LogP contribution in [0.1, 0.15) is 5.69 Å². The highest BCUT2D eigenvalue weighted by Crippen LogP contribution is 2.25. The maximum absolute atomic E-state index is 12.3. The van der Waals surface area contributed by atoms with E-state index >= 15 is 0 Å². The van der Waals surface area contributed by atoms with Gasteiger partial charge in [0, 0.05) is 0 Å². The minimum absolute atomic E-state index is 0.0121. The van der Waals surface area contributed by atoms with Gasteiger partial charge in [0.2, 0.25) is 5.82 Å². The Balaban J connectivity index is 2.41. The first kappa shape index (κ1) is 14.5. The van der Waals surface area contributed by atoms with E-state index in [0.717, 1.165) is 0 Å². The van der Waals surface area contributed by atoms with Gasteiger partial charge in [-0.2, -0.15) is 0 Å². The highest BCUT2D eigenvalue weighted by molar-refractivity contribution is 7.92. The van der Waals surface area contributed by atoms with E-state index < -0.39 is 10.0 Å². The Morgan fingerprint density at radius 3 is 2.65 bits per heavy atom. The summed E-state index contributed by atoms with van der Waals surface area (Å²) in [6, 6.07) is 6.12. The van der Waals surface area contributed by atoms with Crippen LogP contribution in [0.25, 0.3) is 0 Å². The summed E-state index contributed by atoms with van der Waals surface area (Å²) in [7, 11) is -2.47. The number of halogens is 1. The van der Waals surface area contributed by atoms with Crippen molar-refractivity contribution in [3.63, 3.8) is 0 Å². The third-order valence-corrected chi connectivity index (χ3v) is 4.25. The molecule has 2 rings (SSSR count). The van der Waals surface area contributed by atoms with E-state index in [1.807, 2.05) is 0 Å². The van der Waals surface area contributed by atoms with Crippen LogP contribution in [0.3, 0.4) is 0 Å². The van der Waals surface area contributed by atoms with Crippen LogP contribution < -0.4 is 9.46 Å². The molecule has 0 aliphatic rings. The van der Waals surface area contributed by atoms with Crippen molar-refractivity contribution in [2.45, 2.75) is 11.8 Å². The van der Waals surface area contributed by atoms with Crippen molar-refractivity contribution in [3.05, 3.63) is 41.2 Å². The van der Waals surface area contributed by atoms with Crippen LogP contribution >= 0.6 is 11.6 Å². The Morgan fingerprint density at radius 1 is 1.30 bits per heavy atom. The van der Waals surface area contributed by atoms with Gasteiger partial charge >= 0.3 is 0 Å². The second kappa shape index (κ2) is 5.64. The van der Waals surface area contributed by atoms with E-state index in [0.29, 0.717) is 5.69 Å². The molecule has 0 saturated carbocycles. The third-order valence-electron chi connectivity index (χ3n) is 2.41. The Hall–Kier alpha value is -1.86. The number of ether oxygens (including phenoxy) is 1. The molecule has 0 saturated heterocycles. The van der Waals surface area contributed by atoms with Gasteiger partial charge in [0.1, 0.15) is 4.90 Å². The fraction of sp³-hybridized carbons (Fsp3) is 0.167. The normalized spacial score (nSPS) is 11.2. The molecular weight excluding hydrogens is 302 g/mol. The number of anilines is 1. The number of nitrogens with one attached hydrogen (secondary N) is 1. The second-order valence-corrected chi connectivity index (χ2v) is 5.96. The third kappa shape index (κ3) is 3.00.